The Labute approximate surface area is 189 Å². The Bertz CT molecular complexity index is 1150. The minimum atomic E-state index is -0.412. The standard InChI is InChI=1S/C28H27N3O/c1-2-21-13-15-22(16-14-21)26-12-8-11-25(30-26)19-23(20-29)27(32)31-28(17-6-7-18-28)24-9-4-3-5-10-24/h3-5,8-16,19H,2,6-7,17-18H2,1H3,(H,31,32)/b23-19+. The molecule has 3 aromatic rings. The monoisotopic (exact) mass is 421 g/mol. The quantitative estimate of drug-likeness (QED) is 0.404. The summed E-state index contributed by atoms with van der Waals surface area (Å²) in [4.78, 5) is 17.8. The van der Waals surface area contributed by atoms with Crippen LogP contribution in [-0.2, 0) is 16.8 Å². The van der Waals surface area contributed by atoms with E-state index in [9.17, 15) is 10.1 Å². The van der Waals surface area contributed by atoms with Gasteiger partial charge in [-0.2, -0.15) is 5.26 Å². The highest BCUT2D eigenvalue weighted by molar-refractivity contribution is 6.02. The maximum Gasteiger partial charge on any atom is 0.262 e. The van der Waals surface area contributed by atoms with Crippen molar-refractivity contribution in [3.05, 3.63) is 95.2 Å². The van der Waals surface area contributed by atoms with Crippen LogP contribution >= 0.6 is 0 Å². The number of benzene rings is 2. The van der Waals surface area contributed by atoms with E-state index in [1.807, 2.05) is 36.4 Å². The van der Waals surface area contributed by atoms with E-state index in [1.54, 1.807) is 6.08 Å². The number of rotatable bonds is 6. The van der Waals surface area contributed by atoms with E-state index >= 15 is 0 Å². The smallest absolute Gasteiger partial charge is 0.262 e. The first-order valence-corrected chi connectivity index (χ1v) is 11.2. The zero-order valence-electron chi connectivity index (χ0n) is 18.3. The molecule has 160 valence electrons. The van der Waals surface area contributed by atoms with Crippen LogP contribution in [0.15, 0.2) is 78.4 Å². The fourth-order valence-electron chi connectivity index (χ4n) is 4.41. The van der Waals surface area contributed by atoms with Crippen LogP contribution in [0.25, 0.3) is 17.3 Å². The number of carbonyl (C=O) groups is 1. The molecule has 4 rings (SSSR count). The summed E-state index contributed by atoms with van der Waals surface area (Å²) in [6, 6.07) is 26.1. The Morgan fingerprint density at radius 3 is 2.41 bits per heavy atom. The first-order chi connectivity index (χ1) is 15.6. The summed E-state index contributed by atoms with van der Waals surface area (Å²) < 4.78 is 0. The lowest BCUT2D eigenvalue weighted by atomic mass is 9.88. The van der Waals surface area contributed by atoms with Crippen LogP contribution in [0, 0.1) is 11.3 Å². The molecular formula is C28H27N3O. The van der Waals surface area contributed by atoms with E-state index in [0.717, 1.165) is 48.9 Å². The van der Waals surface area contributed by atoms with Crippen LogP contribution in [-0.4, -0.2) is 10.9 Å². The number of amides is 1. The fraction of sp³-hybridized carbons (Fsp3) is 0.250. The molecular weight excluding hydrogens is 394 g/mol. The average Bonchev–Trinajstić information content (AvgIpc) is 3.33. The van der Waals surface area contributed by atoms with Gasteiger partial charge in [-0.15, -0.1) is 0 Å². The Hall–Kier alpha value is -3.71. The van der Waals surface area contributed by atoms with Crippen molar-refractivity contribution in [1.82, 2.24) is 10.3 Å². The number of aryl methyl sites for hydroxylation is 1. The summed E-state index contributed by atoms with van der Waals surface area (Å²) in [6.45, 7) is 2.13. The number of nitrogens with zero attached hydrogens (tertiary/aromatic N) is 2. The van der Waals surface area contributed by atoms with Gasteiger partial charge in [0.2, 0.25) is 0 Å². The molecule has 1 saturated carbocycles. The molecule has 1 N–H and O–H groups in total. The molecule has 1 fully saturated rings. The lowest BCUT2D eigenvalue weighted by molar-refractivity contribution is -0.119. The molecule has 0 aliphatic heterocycles. The molecule has 0 unspecified atom stereocenters. The average molecular weight is 422 g/mol. The van der Waals surface area contributed by atoms with Gasteiger partial charge in [0.05, 0.1) is 16.9 Å². The molecule has 32 heavy (non-hydrogen) atoms. The van der Waals surface area contributed by atoms with Gasteiger partial charge in [-0.25, -0.2) is 4.98 Å². The molecule has 0 atom stereocenters. The third kappa shape index (κ3) is 4.63. The SMILES string of the molecule is CCc1ccc(-c2cccc(/C=C(\C#N)C(=O)NC3(c4ccccc4)CCCC3)n2)cc1. The largest absolute Gasteiger partial charge is 0.342 e. The zero-order valence-corrected chi connectivity index (χ0v) is 18.3. The van der Waals surface area contributed by atoms with Gasteiger partial charge in [-0.3, -0.25) is 4.79 Å². The number of aromatic nitrogens is 1. The van der Waals surface area contributed by atoms with E-state index in [0.29, 0.717) is 5.69 Å². The predicted octanol–water partition coefficient (Wildman–Crippen LogP) is 5.80. The maximum absolute atomic E-state index is 13.1. The van der Waals surface area contributed by atoms with Crippen LogP contribution < -0.4 is 5.32 Å². The highest BCUT2D eigenvalue weighted by Crippen LogP contribution is 2.38. The van der Waals surface area contributed by atoms with Gasteiger partial charge in [0.1, 0.15) is 11.6 Å². The number of carbonyl (C=O) groups excluding carboxylic acids is 1. The first kappa shape index (κ1) is 21.5. The third-order valence-electron chi connectivity index (χ3n) is 6.22. The van der Waals surface area contributed by atoms with Crippen molar-refractivity contribution >= 4 is 12.0 Å². The zero-order chi connectivity index (χ0) is 22.4. The van der Waals surface area contributed by atoms with Gasteiger partial charge in [-0.1, -0.05) is 80.4 Å². The molecule has 0 spiro atoms. The molecule has 0 radical (unpaired) electrons. The molecule has 0 bridgehead atoms. The van der Waals surface area contributed by atoms with Crippen LogP contribution in [0.3, 0.4) is 0 Å². The van der Waals surface area contributed by atoms with Crippen molar-refractivity contribution < 1.29 is 4.79 Å². The second-order valence-corrected chi connectivity index (χ2v) is 8.28. The number of nitrogens with one attached hydrogen (secondary N) is 1. The molecule has 4 nitrogen and oxygen atoms in total. The highest BCUT2D eigenvalue weighted by Gasteiger charge is 2.37. The van der Waals surface area contributed by atoms with Crippen molar-refractivity contribution in [2.24, 2.45) is 0 Å². The number of hydrogen-bond acceptors (Lipinski definition) is 3. The lowest BCUT2D eigenvalue weighted by Gasteiger charge is -2.31. The second-order valence-electron chi connectivity index (χ2n) is 8.28. The summed E-state index contributed by atoms with van der Waals surface area (Å²) >= 11 is 0. The van der Waals surface area contributed by atoms with E-state index in [1.165, 1.54) is 5.56 Å². The van der Waals surface area contributed by atoms with E-state index in [2.05, 4.69) is 59.7 Å². The molecule has 1 heterocycles. The molecule has 2 aromatic carbocycles. The van der Waals surface area contributed by atoms with Crippen LogP contribution in [0.1, 0.15) is 49.4 Å². The Kier molecular flexibility index (Phi) is 6.47. The summed E-state index contributed by atoms with van der Waals surface area (Å²) in [7, 11) is 0. The predicted molar refractivity (Wildman–Crippen MR) is 127 cm³/mol. The van der Waals surface area contributed by atoms with Crippen LogP contribution in [0.2, 0.25) is 0 Å². The fourth-order valence-corrected chi connectivity index (χ4v) is 4.41. The van der Waals surface area contributed by atoms with Gasteiger partial charge in [-0.05, 0) is 48.6 Å². The minimum Gasteiger partial charge on any atom is -0.342 e. The van der Waals surface area contributed by atoms with Crippen molar-refractivity contribution in [3.63, 3.8) is 0 Å². The van der Waals surface area contributed by atoms with Gasteiger partial charge in [0.15, 0.2) is 0 Å². The Morgan fingerprint density at radius 2 is 1.75 bits per heavy atom. The normalized spacial score (nSPS) is 15.2. The molecule has 1 amide bonds. The summed E-state index contributed by atoms with van der Waals surface area (Å²) in [5.74, 6) is -0.349. The van der Waals surface area contributed by atoms with Crippen molar-refractivity contribution in [2.45, 2.75) is 44.6 Å². The molecule has 4 heteroatoms. The molecule has 1 aliphatic carbocycles. The minimum absolute atomic E-state index is 0.0678. The van der Waals surface area contributed by atoms with Crippen LogP contribution in [0.4, 0.5) is 0 Å². The van der Waals surface area contributed by atoms with E-state index in [-0.39, 0.29) is 11.5 Å². The van der Waals surface area contributed by atoms with Crippen molar-refractivity contribution in [1.29, 1.82) is 5.26 Å². The summed E-state index contributed by atoms with van der Waals surface area (Å²) in [6.07, 6.45) is 6.43. The van der Waals surface area contributed by atoms with Gasteiger partial charge < -0.3 is 5.32 Å². The second kappa shape index (κ2) is 9.62. The molecule has 1 aliphatic rings. The summed E-state index contributed by atoms with van der Waals surface area (Å²) in [5.41, 5.74) is 4.44. The highest BCUT2D eigenvalue weighted by atomic mass is 16.1. The van der Waals surface area contributed by atoms with Crippen molar-refractivity contribution in [3.8, 4) is 17.3 Å². The number of hydrogen-bond donors (Lipinski definition) is 1. The third-order valence-corrected chi connectivity index (χ3v) is 6.22. The van der Waals surface area contributed by atoms with E-state index < -0.39 is 5.54 Å². The Balaban J connectivity index is 1.59. The lowest BCUT2D eigenvalue weighted by Crippen LogP contribution is -2.44. The van der Waals surface area contributed by atoms with E-state index in [4.69, 9.17) is 0 Å². The van der Waals surface area contributed by atoms with Crippen molar-refractivity contribution in [2.75, 3.05) is 0 Å². The Morgan fingerprint density at radius 1 is 1.03 bits per heavy atom. The molecule has 0 saturated heterocycles. The van der Waals surface area contributed by atoms with Gasteiger partial charge in [0.25, 0.3) is 5.91 Å². The van der Waals surface area contributed by atoms with Gasteiger partial charge >= 0.3 is 0 Å². The molecule has 1 aromatic heterocycles. The first-order valence-electron chi connectivity index (χ1n) is 11.2. The summed E-state index contributed by atoms with van der Waals surface area (Å²) in [5, 5.41) is 12.9. The van der Waals surface area contributed by atoms with Crippen LogP contribution in [0.5, 0.6) is 0 Å². The topological polar surface area (TPSA) is 65.8 Å². The number of nitriles is 1. The maximum atomic E-state index is 13.1. The van der Waals surface area contributed by atoms with Gasteiger partial charge in [0, 0.05) is 5.56 Å². The number of pyridine rings is 1.